The van der Waals surface area contributed by atoms with E-state index in [0.717, 1.165) is 50.9 Å². The summed E-state index contributed by atoms with van der Waals surface area (Å²) in [6, 6.07) is 6.02. The summed E-state index contributed by atoms with van der Waals surface area (Å²) < 4.78 is 0. The van der Waals surface area contributed by atoms with Crippen molar-refractivity contribution in [1.82, 2.24) is 4.90 Å². The summed E-state index contributed by atoms with van der Waals surface area (Å²) in [6.07, 6.45) is 4.64. The van der Waals surface area contributed by atoms with Crippen molar-refractivity contribution in [3.05, 3.63) is 29.3 Å². The highest BCUT2D eigenvalue weighted by Gasteiger charge is 2.21. The first-order chi connectivity index (χ1) is 10.6. The Hall–Kier alpha value is -1.84. The number of piperidine rings is 1. The van der Waals surface area contributed by atoms with E-state index < -0.39 is 0 Å². The first kappa shape index (κ1) is 15.1. The average Bonchev–Trinajstić information content (AvgIpc) is 3.00. The van der Waals surface area contributed by atoms with Crippen molar-refractivity contribution >= 4 is 17.4 Å². The maximum atomic E-state index is 12.4. The van der Waals surface area contributed by atoms with Gasteiger partial charge in [0.05, 0.1) is 0 Å². The number of carbonyl (C=O) groups excluding carboxylic acids is 2. The number of Topliss-reactive ketones (excluding diaryl/α,β-unsaturated/α-hetero) is 1. The molecule has 2 heterocycles. The van der Waals surface area contributed by atoms with Crippen LogP contribution in [0.15, 0.2) is 18.2 Å². The molecule has 0 atom stereocenters. The molecule has 4 heteroatoms. The molecule has 1 saturated heterocycles. The Balaban J connectivity index is 1.50. The van der Waals surface area contributed by atoms with Crippen LogP contribution in [0, 0.1) is 5.92 Å². The van der Waals surface area contributed by atoms with E-state index in [9.17, 15) is 9.59 Å². The van der Waals surface area contributed by atoms with E-state index in [4.69, 9.17) is 0 Å². The topological polar surface area (TPSA) is 49.4 Å². The number of fused-ring (bicyclic) bond motifs is 1. The molecule has 3 rings (SSSR count). The lowest BCUT2D eigenvalue weighted by Gasteiger charge is -2.31. The Kier molecular flexibility index (Phi) is 4.46. The van der Waals surface area contributed by atoms with Gasteiger partial charge in [-0.15, -0.1) is 0 Å². The van der Waals surface area contributed by atoms with Gasteiger partial charge in [0.15, 0.2) is 5.78 Å². The molecule has 0 unspecified atom stereocenters. The monoisotopic (exact) mass is 300 g/mol. The molecule has 0 aromatic heterocycles. The van der Waals surface area contributed by atoms with Gasteiger partial charge in [0.2, 0.25) is 5.91 Å². The average molecular weight is 300 g/mol. The van der Waals surface area contributed by atoms with Crippen LogP contribution in [-0.2, 0) is 11.2 Å². The summed E-state index contributed by atoms with van der Waals surface area (Å²) in [4.78, 5) is 25.6. The number of nitrogens with one attached hydrogen (secondary N) is 1. The van der Waals surface area contributed by atoms with Crippen LogP contribution in [0.5, 0.6) is 0 Å². The number of hydrogen-bond donors (Lipinski definition) is 1. The van der Waals surface area contributed by atoms with Crippen molar-refractivity contribution < 1.29 is 9.59 Å². The van der Waals surface area contributed by atoms with E-state index >= 15 is 0 Å². The summed E-state index contributed by atoms with van der Waals surface area (Å²) in [6.45, 7) is 4.30. The number of hydrogen-bond acceptors (Lipinski definition) is 3. The summed E-state index contributed by atoms with van der Waals surface area (Å²) >= 11 is 0. The molecule has 22 heavy (non-hydrogen) atoms. The number of benzene rings is 1. The minimum Gasteiger partial charge on any atom is -0.384 e. The molecule has 1 aromatic rings. The summed E-state index contributed by atoms with van der Waals surface area (Å²) in [7, 11) is 0. The second-order valence-electron chi connectivity index (χ2n) is 6.46. The quantitative estimate of drug-likeness (QED) is 0.870. The molecule has 2 aliphatic heterocycles. The fraction of sp³-hybridized carbons (Fsp3) is 0.556. The molecule has 0 aliphatic carbocycles. The zero-order chi connectivity index (χ0) is 15.5. The predicted molar refractivity (Wildman–Crippen MR) is 87.2 cm³/mol. The third-order valence-corrected chi connectivity index (χ3v) is 4.98. The van der Waals surface area contributed by atoms with Crippen molar-refractivity contribution in [2.45, 2.75) is 39.0 Å². The number of nitrogens with zero attached hydrogens (tertiary/aromatic N) is 1. The molecule has 1 fully saturated rings. The second-order valence-corrected chi connectivity index (χ2v) is 6.46. The fourth-order valence-electron chi connectivity index (χ4n) is 3.49. The van der Waals surface area contributed by atoms with Crippen LogP contribution < -0.4 is 5.32 Å². The number of likely N-dealkylation sites (tertiary alicyclic amines) is 1. The lowest BCUT2D eigenvalue weighted by molar-refractivity contribution is -0.130. The number of rotatable bonds is 4. The molecule has 0 saturated carbocycles. The van der Waals surface area contributed by atoms with Crippen molar-refractivity contribution in [2.24, 2.45) is 5.92 Å². The van der Waals surface area contributed by atoms with E-state index in [1.807, 2.05) is 17.0 Å². The van der Waals surface area contributed by atoms with Crippen LogP contribution in [-0.4, -0.2) is 36.2 Å². The van der Waals surface area contributed by atoms with Crippen LogP contribution >= 0.6 is 0 Å². The summed E-state index contributed by atoms with van der Waals surface area (Å²) in [5, 5.41) is 3.32. The zero-order valence-corrected chi connectivity index (χ0v) is 13.2. The minimum absolute atomic E-state index is 0.168. The van der Waals surface area contributed by atoms with Crippen LogP contribution in [0.1, 0.15) is 48.5 Å². The maximum absolute atomic E-state index is 12.4. The van der Waals surface area contributed by atoms with E-state index in [1.165, 1.54) is 11.3 Å². The standard InChI is InChI=1S/C18H24N2O2/c1-13(21)20-10-7-14(8-11-20)2-5-18(22)16-3-4-17-15(12-16)6-9-19-17/h3-4,12,14,19H,2,5-11H2,1H3. The Morgan fingerprint density at radius 1 is 1.27 bits per heavy atom. The third kappa shape index (κ3) is 3.32. The SMILES string of the molecule is CC(=O)N1CCC(CCC(=O)c2ccc3c(c2)CCN3)CC1. The molecule has 1 amide bonds. The van der Waals surface area contributed by atoms with Gasteiger partial charge in [-0.05, 0) is 55.4 Å². The molecule has 2 aliphatic rings. The number of anilines is 1. The van der Waals surface area contributed by atoms with Gasteiger partial charge in [-0.2, -0.15) is 0 Å². The Morgan fingerprint density at radius 3 is 2.77 bits per heavy atom. The van der Waals surface area contributed by atoms with Gasteiger partial charge in [-0.1, -0.05) is 0 Å². The van der Waals surface area contributed by atoms with Crippen LogP contribution in [0.2, 0.25) is 0 Å². The van der Waals surface area contributed by atoms with Gasteiger partial charge in [-0.25, -0.2) is 0 Å². The van der Waals surface area contributed by atoms with E-state index in [2.05, 4.69) is 11.4 Å². The van der Waals surface area contributed by atoms with Gasteiger partial charge in [0.25, 0.3) is 0 Å². The Bertz CT molecular complexity index is 574. The van der Waals surface area contributed by atoms with Crippen molar-refractivity contribution in [1.29, 1.82) is 0 Å². The van der Waals surface area contributed by atoms with Gasteiger partial charge in [-0.3, -0.25) is 9.59 Å². The molecule has 0 radical (unpaired) electrons. The first-order valence-electron chi connectivity index (χ1n) is 8.29. The predicted octanol–water partition coefficient (Wildman–Crippen LogP) is 2.88. The normalized spacial score (nSPS) is 18.0. The minimum atomic E-state index is 0.168. The van der Waals surface area contributed by atoms with Gasteiger partial charge >= 0.3 is 0 Å². The Labute approximate surface area is 131 Å². The van der Waals surface area contributed by atoms with Gasteiger partial charge < -0.3 is 10.2 Å². The number of ketones is 1. The van der Waals surface area contributed by atoms with Crippen molar-refractivity contribution in [3.8, 4) is 0 Å². The molecule has 4 nitrogen and oxygen atoms in total. The summed E-state index contributed by atoms with van der Waals surface area (Å²) in [5.74, 6) is 1.00. The van der Waals surface area contributed by atoms with E-state index in [0.29, 0.717) is 12.3 Å². The zero-order valence-electron chi connectivity index (χ0n) is 13.2. The molecule has 1 aromatic carbocycles. The molecular weight excluding hydrogens is 276 g/mol. The summed E-state index contributed by atoms with van der Waals surface area (Å²) in [5.41, 5.74) is 3.29. The van der Waals surface area contributed by atoms with Crippen molar-refractivity contribution in [3.63, 3.8) is 0 Å². The third-order valence-electron chi connectivity index (χ3n) is 4.98. The first-order valence-corrected chi connectivity index (χ1v) is 8.29. The molecular formula is C18H24N2O2. The molecule has 0 spiro atoms. The van der Waals surface area contributed by atoms with Crippen molar-refractivity contribution in [2.75, 3.05) is 25.0 Å². The highest BCUT2D eigenvalue weighted by Crippen LogP contribution is 2.26. The van der Waals surface area contributed by atoms with Gasteiger partial charge in [0.1, 0.15) is 0 Å². The molecule has 1 N–H and O–H groups in total. The number of amides is 1. The van der Waals surface area contributed by atoms with E-state index in [1.54, 1.807) is 6.92 Å². The smallest absolute Gasteiger partial charge is 0.219 e. The molecule has 118 valence electrons. The van der Waals surface area contributed by atoms with E-state index in [-0.39, 0.29) is 11.7 Å². The Morgan fingerprint density at radius 2 is 2.05 bits per heavy atom. The van der Waals surface area contributed by atoms with Gasteiger partial charge in [0, 0.05) is 44.2 Å². The number of carbonyl (C=O) groups is 2. The largest absolute Gasteiger partial charge is 0.384 e. The van der Waals surface area contributed by atoms with Crippen LogP contribution in [0.3, 0.4) is 0 Å². The lowest BCUT2D eigenvalue weighted by Crippen LogP contribution is -2.37. The lowest BCUT2D eigenvalue weighted by atomic mass is 9.90. The fourth-order valence-corrected chi connectivity index (χ4v) is 3.49. The molecule has 0 bridgehead atoms. The second kappa shape index (κ2) is 6.51. The maximum Gasteiger partial charge on any atom is 0.219 e. The highest BCUT2D eigenvalue weighted by molar-refractivity contribution is 5.96. The highest BCUT2D eigenvalue weighted by atomic mass is 16.2. The van der Waals surface area contributed by atoms with Crippen LogP contribution in [0.4, 0.5) is 5.69 Å². The van der Waals surface area contributed by atoms with Crippen LogP contribution in [0.25, 0.3) is 0 Å².